The van der Waals surface area contributed by atoms with E-state index >= 15 is 0 Å². The summed E-state index contributed by atoms with van der Waals surface area (Å²) in [7, 11) is 1.40. The number of benzene rings is 2. The third kappa shape index (κ3) is 3.45. The van der Waals surface area contributed by atoms with Crippen molar-refractivity contribution in [3.05, 3.63) is 65.6 Å². The van der Waals surface area contributed by atoms with Gasteiger partial charge in [-0.1, -0.05) is 30.3 Å². The Balaban J connectivity index is 1.94. The number of nitrogens with zero attached hydrogens (tertiary/aromatic N) is 1. The molecule has 6 nitrogen and oxygen atoms in total. The van der Waals surface area contributed by atoms with Gasteiger partial charge in [0.1, 0.15) is 18.1 Å². The topological polar surface area (TPSA) is 84.4 Å². The zero-order valence-electron chi connectivity index (χ0n) is 13.3. The van der Waals surface area contributed by atoms with Crippen molar-refractivity contribution in [1.29, 1.82) is 0 Å². The minimum atomic E-state index is -1.19. The van der Waals surface area contributed by atoms with E-state index in [1.54, 1.807) is 6.07 Å². The fourth-order valence-electron chi connectivity index (χ4n) is 2.35. The molecule has 2 N–H and O–H groups in total. The molecule has 3 rings (SSSR count). The summed E-state index contributed by atoms with van der Waals surface area (Å²) in [6.07, 6.45) is 0. The molecule has 0 spiro atoms. The summed E-state index contributed by atoms with van der Waals surface area (Å²) in [6.45, 7) is 0.199. The lowest BCUT2D eigenvalue weighted by Gasteiger charge is -2.12. The Morgan fingerprint density at radius 2 is 1.92 bits per heavy atom. The second-order valence-electron chi connectivity index (χ2n) is 5.20. The van der Waals surface area contributed by atoms with Crippen LogP contribution in [0.1, 0.15) is 16.1 Å². The summed E-state index contributed by atoms with van der Waals surface area (Å²) >= 11 is 0. The van der Waals surface area contributed by atoms with Gasteiger partial charge in [0.15, 0.2) is 11.6 Å². The predicted molar refractivity (Wildman–Crippen MR) is 88.3 cm³/mol. The Morgan fingerprint density at radius 3 is 2.56 bits per heavy atom. The Hall–Kier alpha value is -3.35. The molecule has 128 valence electrons. The van der Waals surface area contributed by atoms with Crippen LogP contribution in [0.25, 0.3) is 11.3 Å². The summed E-state index contributed by atoms with van der Waals surface area (Å²) in [5.74, 6) is -1.60. The molecule has 0 saturated heterocycles. The summed E-state index contributed by atoms with van der Waals surface area (Å²) in [6, 6.07) is 13.6. The number of nitrogens with one attached hydrogen (secondary N) is 1. The second kappa shape index (κ2) is 7.04. The van der Waals surface area contributed by atoms with E-state index in [9.17, 15) is 9.18 Å². The van der Waals surface area contributed by atoms with Crippen molar-refractivity contribution in [2.45, 2.75) is 6.61 Å². The summed E-state index contributed by atoms with van der Waals surface area (Å²) in [5.41, 5.74) is 0.910. The van der Waals surface area contributed by atoms with Crippen molar-refractivity contribution in [2.75, 3.05) is 7.11 Å². The largest absolute Gasteiger partial charge is 0.496 e. The van der Waals surface area contributed by atoms with E-state index in [1.807, 2.05) is 30.3 Å². The normalized spacial score (nSPS) is 10.5. The van der Waals surface area contributed by atoms with E-state index in [2.05, 4.69) is 10.2 Å². The Morgan fingerprint density at radius 1 is 1.20 bits per heavy atom. The van der Waals surface area contributed by atoms with Gasteiger partial charge in [-0.25, -0.2) is 9.18 Å². The number of aromatic amines is 1. The Bertz CT molecular complexity index is 893. The van der Waals surface area contributed by atoms with Crippen LogP contribution in [-0.4, -0.2) is 28.4 Å². The van der Waals surface area contributed by atoms with E-state index in [4.69, 9.17) is 14.6 Å². The van der Waals surface area contributed by atoms with Crippen molar-refractivity contribution in [3.8, 4) is 22.8 Å². The lowest BCUT2D eigenvalue weighted by atomic mass is 10.1. The number of carbonyl (C=O) groups is 1. The van der Waals surface area contributed by atoms with Crippen LogP contribution in [-0.2, 0) is 6.61 Å². The van der Waals surface area contributed by atoms with E-state index in [1.165, 1.54) is 19.2 Å². The number of hydrogen-bond acceptors (Lipinski definition) is 4. The third-order valence-corrected chi connectivity index (χ3v) is 3.59. The lowest BCUT2D eigenvalue weighted by molar-refractivity contribution is 0.0690. The molecule has 0 fully saturated rings. The molecule has 0 aliphatic rings. The molecule has 0 aliphatic heterocycles. The average Bonchev–Trinajstić information content (AvgIpc) is 3.11. The SMILES string of the molecule is COc1ccc(OCc2ccccc2)c(F)c1-c1cc(C(=O)O)[nH]n1. The minimum Gasteiger partial charge on any atom is -0.496 e. The van der Waals surface area contributed by atoms with Gasteiger partial charge >= 0.3 is 5.97 Å². The van der Waals surface area contributed by atoms with Crippen LogP contribution in [0, 0.1) is 5.82 Å². The zero-order chi connectivity index (χ0) is 17.8. The van der Waals surface area contributed by atoms with Gasteiger partial charge in [0.05, 0.1) is 18.4 Å². The first-order valence-electron chi connectivity index (χ1n) is 7.42. The number of aromatic carboxylic acids is 1. The Kier molecular flexibility index (Phi) is 4.65. The van der Waals surface area contributed by atoms with Gasteiger partial charge < -0.3 is 14.6 Å². The van der Waals surface area contributed by atoms with Crippen molar-refractivity contribution in [2.24, 2.45) is 0 Å². The fourth-order valence-corrected chi connectivity index (χ4v) is 2.35. The maximum absolute atomic E-state index is 14.9. The van der Waals surface area contributed by atoms with Gasteiger partial charge in [-0.3, -0.25) is 5.10 Å². The number of methoxy groups -OCH3 is 1. The van der Waals surface area contributed by atoms with Crippen LogP contribution in [0.5, 0.6) is 11.5 Å². The molecule has 2 aromatic carbocycles. The average molecular weight is 342 g/mol. The van der Waals surface area contributed by atoms with Crippen molar-refractivity contribution in [1.82, 2.24) is 10.2 Å². The Labute approximate surface area is 142 Å². The van der Waals surface area contributed by atoms with E-state index < -0.39 is 11.8 Å². The van der Waals surface area contributed by atoms with Crippen molar-refractivity contribution in [3.63, 3.8) is 0 Å². The first-order chi connectivity index (χ1) is 12.1. The van der Waals surface area contributed by atoms with Crippen LogP contribution in [0.3, 0.4) is 0 Å². The van der Waals surface area contributed by atoms with Crippen LogP contribution < -0.4 is 9.47 Å². The molecule has 0 saturated carbocycles. The van der Waals surface area contributed by atoms with Gasteiger partial charge in [0.2, 0.25) is 0 Å². The van der Waals surface area contributed by atoms with E-state index in [-0.39, 0.29) is 35.1 Å². The summed E-state index contributed by atoms with van der Waals surface area (Å²) in [5, 5.41) is 15.2. The molecular weight excluding hydrogens is 327 g/mol. The van der Waals surface area contributed by atoms with Gasteiger partial charge in [-0.15, -0.1) is 0 Å². The number of ether oxygens (including phenoxy) is 2. The highest BCUT2D eigenvalue weighted by Crippen LogP contribution is 2.36. The fraction of sp³-hybridized carbons (Fsp3) is 0.111. The molecule has 0 atom stereocenters. The number of carboxylic acid groups (broad SMARTS) is 1. The molecule has 0 unspecified atom stereocenters. The zero-order valence-corrected chi connectivity index (χ0v) is 13.3. The number of carboxylic acids is 1. The number of hydrogen-bond donors (Lipinski definition) is 2. The van der Waals surface area contributed by atoms with Crippen molar-refractivity contribution >= 4 is 5.97 Å². The quantitative estimate of drug-likeness (QED) is 0.716. The van der Waals surface area contributed by atoms with Crippen LogP contribution in [0.15, 0.2) is 48.5 Å². The summed E-state index contributed by atoms with van der Waals surface area (Å²) < 4.78 is 25.6. The number of H-pyrrole nitrogens is 1. The van der Waals surface area contributed by atoms with Crippen LogP contribution in [0.4, 0.5) is 4.39 Å². The standard InChI is InChI=1S/C18H15FN2O4/c1-24-14-7-8-15(25-10-11-5-3-2-4-6-11)17(19)16(14)12-9-13(18(22)23)21-20-12/h2-9H,10H2,1H3,(H,20,21)(H,22,23). The monoisotopic (exact) mass is 342 g/mol. The van der Waals surface area contributed by atoms with Crippen LogP contribution in [0.2, 0.25) is 0 Å². The number of aromatic nitrogens is 2. The molecule has 0 bridgehead atoms. The van der Waals surface area contributed by atoms with Gasteiger partial charge in [-0.05, 0) is 23.8 Å². The number of rotatable bonds is 6. The maximum Gasteiger partial charge on any atom is 0.353 e. The highest BCUT2D eigenvalue weighted by atomic mass is 19.1. The molecule has 1 aromatic heterocycles. The van der Waals surface area contributed by atoms with Gasteiger partial charge in [-0.2, -0.15) is 5.10 Å². The maximum atomic E-state index is 14.9. The minimum absolute atomic E-state index is 0.0273. The first-order valence-corrected chi connectivity index (χ1v) is 7.42. The molecule has 7 heteroatoms. The van der Waals surface area contributed by atoms with Crippen LogP contribution >= 0.6 is 0 Å². The smallest absolute Gasteiger partial charge is 0.353 e. The molecule has 1 heterocycles. The lowest BCUT2D eigenvalue weighted by Crippen LogP contribution is -2.00. The molecule has 3 aromatic rings. The highest BCUT2D eigenvalue weighted by molar-refractivity contribution is 5.87. The molecule has 0 radical (unpaired) electrons. The van der Waals surface area contributed by atoms with E-state index in [0.717, 1.165) is 5.56 Å². The molecular formula is C18H15FN2O4. The highest BCUT2D eigenvalue weighted by Gasteiger charge is 2.21. The molecule has 0 aliphatic carbocycles. The van der Waals surface area contributed by atoms with Gasteiger partial charge in [0.25, 0.3) is 0 Å². The molecule has 0 amide bonds. The number of halogens is 1. The van der Waals surface area contributed by atoms with Gasteiger partial charge in [0, 0.05) is 0 Å². The third-order valence-electron chi connectivity index (χ3n) is 3.59. The molecule has 25 heavy (non-hydrogen) atoms. The summed E-state index contributed by atoms with van der Waals surface area (Å²) in [4.78, 5) is 11.0. The second-order valence-corrected chi connectivity index (χ2v) is 5.20. The predicted octanol–water partition coefficient (Wildman–Crippen LogP) is 3.50. The first kappa shape index (κ1) is 16.5. The van der Waals surface area contributed by atoms with Crippen molar-refractivity contribution < 1.29 is 23.8 Å². The van der Waals surface area contributed by atoms with E-state index in [0.29, 0.717) is 0 Å².